The maximum Gasteiger partial charge on any atom is 0.415 e. The fourth-order valence-electron chi connectivity index (χ4n) is 12.3. The Morgan fingerprint density at radius 3 is 2.10 bits per heavy atom. The van der Waals surface area contributed by atoms with Crippen molar-refractivity contribution in [3.63, 3.8) is 0 Å². The number of ether oxygens (including phenoxy) is 3. The van der Waals surface area contributed by atoms with Crippen molar-refractivity contribution in [2.45, 2.75) is 102 Å². The van der Waals surface area contributed by atoms with Crippen LogP contribution < -0.4 is 40.1 Å². The largest absolute Gasteiger partial charge is 0.474 e. The van der Waals surface area contributed by atoms with Crippen LogP contribution in [0.4, 0.5) is 50.6 Å². The standard InChI is InChI=1S/C58H66N10O7S2/c1-35-48(31-62-55-53(35)59-18-21-73-55)68-33-42-27-52(65-44-13-9-37(10-14-44)49-8-7-23-77(49,71)72)61-29-40(42)24-46(68)43-25-50(76(6,70)34-43)38-11-15-45(16-12-38)64-51-26-41-32-66(19-17-39(41)28-60-51)47-30-63-56-54(36(47)2)67(20-22-74-56)57(69)75-58(3,4)5/h9-16,26-31,43,46,49-50,59H,6-8,17-25,32-34H2,1-5H3,(H,60,64)(H,61,65)/t43?,46-,49?,50?,76?/m0/s1. The van der Waals surface area contributed by atoms with Crippen LogP contribution in [0.1, 0.15) is 95.0 Å². The summed E-state index contributed by atoms with van der Waals surface area (Å²) in [5.74, 6) is 7.70. The van der Waals surface area contributed by atoms with Gasteiger partial charge in [0.25, 0.3) is 0 Å². The average Bonchev–Trinajstić information content (AvgIpc) is 3.98. The first-order chi connectivity index (χ1) is 36.9. The molecule has 6 aliphatic rings. The molecule has 402 valence electrons. The van der Waals surface area contributed by atoms with E-state index in [0.29, 0.717) is 94.1 Å². The topological polar surface area (TPSA) is 193 Å². The summed E-state index contributed by atoms with van der Waals surface area (Å²) in [4.78, 5) is 38.9. The van der Waals surface area contributed by atoms with Crippen LogP contribution in [0.2, 0.25) is 0 Å². The SMILES string of the molecule is C=S1(=O)CC([C@@H]2Cc3cnc(Nc4ccc(C5CCCS5(=O)=O)cc4)cc3CN2c2cnc3c(c2C)NCCO3)CC1c1ccc(Nc2cc3c(cn2)CCN(c2cnc4c(c2C)N(C(=O)OC(C)(C)C)CCO4)C3)cc1. The minimum atomic E-state index is -3.11. The molecule has 5 atom stereocenters. The number of sulfone groups is 1. The molecule has 77 heavy (non-hydrogen) atoms. The lowest BCUT2D eigenvalue weighted by molar-refractivity contribution is 0.0566. The normalized spacial score (nSPS) is 23.3. The number of hydrogen-bond acceptors (Lipinski definition) is 16. The van der Waals surface area contributed by atoms with Gasteiger partial charge in [0.15, 0.2) is 9.84 Å². The molecule has 6 aromatic rings. The molecule has 0 spiro atoms. The number of fused-ring (bicyclic) bond motifs is 4. The quantitative estimate of drug-likeness (QED) is 0.116. The van der Waals surface area contributed by atoms with E-state index in [0.717, 1.165) is 86.2 Å². The van der Waals surface area contributed by atoms with Gasteiger partial charge < -0.3 is 40.0 Å². The average molecular weight is 1080 g/mol. The first-order valence-corrected chi connectivity index (χ1v) is 30.4. The van der Waals surface area contributed by atoms with Crippen molar-refractivity contribution in [3.8, 4) is 11.8 Å². The Hall–Kier alpha value is -7.12. The second kappa shape index (κ2) is 19.7. The van der Waals surface area contributed by atoms with E-state index in [1.54, 1.807) is 4.90 Å². The van der Waals surface area contributed by atoms with Gasteiger partial charge in [-0.15, -0.1) is 0 Å². The van der Waals surface area contributed by atoms with Crippen LogP contribution in [0.25, 0.3) is 0 Å². The highest BCUT2D eigenvalue weighted by molar-refractivity contribution is 8.00. The van der Waals surface area contributed by atoms with Gasteiger partial charge >= 0.3 is 6.09 Å². The number of carbonyl (C=O) groups is 1. The summed E-state index contributed by atoms with van der Waals surface area (Å²) in [5.41, 5.74) is 13.0. The van der Waals surface area contributed by atoms with E-state index in [4.69, 9.17) is 29.2 Å². The molecule has 0 radical (unpaired) electrons. The highest BCUT2D eigenvalue weighted by Gasteiger charge is 2.44. The molecule has 1 amide bonds. The Kier molecular flexibility index (Phi) is 13.0. The zero-order valence-electron chi connectivity index (χ0n) is 44.3. The number of benzene rings is 2. The maximum absolute atomic E-state index is 14.8. The molecular formula is C58H66N10O7S2. The molecule has 19 heteroatoms. The summed E-state index contributed by atoms with van der Waals surface area (Å²) >= 11 is 0. The van der Waals surface area contributed by atoms with Crippen LogP contribution in [0.15, 0.2) is 85.5 Å². The lowest BCUT2D eigenvalue weighted by atomic mass is 9.84. The third kappa shape index (κ3) is 9.96. The molecule has 3 N–H and O–H groups in total. The Labute approximate surface area is 451 Å². The van der Waals surface area contributed by atoms with Gasteiger partial charge in [-0.2, -0.15) is 0 Å². The van der Waals surface area contributed by atoms with E-state index in [2.05, 4.69) is 67.8 Å². The molecule has 0 bridgehead atoms. The van der Waals surface area contributed by atoms with Crippen molar-refractivity contribution in [2.75, 3.05) is 75.0 Å². The molecule has 10 heterocycles. The zero-order valence-corrected chi connectivity index (χ0v) is 45.9. The number of carbonyl (C=O) groups excluding carboxylic acids is 1. The predicted octanol–water partition coefficient (Wildman–Crippen LogP) is 9.53. The van der Waals surface area contributed by atoms with Crippen molar-refractivity contribution in [3.05, 3.63) is 130 Å². The van der Waals surface area contributed by atoms with E-state index < -0.39 is 36.3 Å². The molecular weight excluding hydrogens is 1010 g/mol. The number of aromatic nitrogens is 4. The molecule has 17 nitrogen and oxygen atoms in total. The molecule has 4 aromatic heterocycles. The van der Waals surface area contributed by atoms with Gasteiger partial charge in [-0.05, 0) is 158 Å². The van der Waals surface area contributed by atoms with E-state index in [1.165, 1.54) is 5.56 Å². The van der Waals surface area contributed by atoms with E-state index in [-0.39, 0.29) is 23.0 Å². The van der Waals surface area contributed by atoms with Gasteiger partial charge in [-0.3, -0.25) is 9.11 Å². The fraction of sp³-hybridized carbons (Fsp3) is 0.414. The molecule has 4 unspecified atom stereocenters. The molecule has 6 aliphatic heterocycles. The Balaban J connectivity index is 0.754. The van der Waals surface area contributed by atoms with Crippen LogP contribution in [-0.4, -0.2) is 101 Å². The van der Waals surface area contributed by atoms with Gasteiger partial charge in [0.2, 0.25) is 11.8 Å². The van der Waals surface area contributed by atoms with Crippen LogP contribution in [-0.2, 0) is 50.0 Å². The number of rotatable bonds is 9. The number of amides is 1. The van der Waals surface area contributed by atoms with Gasteiger partial charge in [0.05, 0.1) is 46.6 Å². The summed E-state index contributed by atoms with van der Waals surface area (Å²) < 4.78 is 57.7. The Morgan fingerprint density at radius 1 is 0.766 bits per heavy atom. The van der Waals surface area contributed by atoms with Crippen molar-refractivity contribution < 1.29 is 31.6 Å². The van der Waals surface area contributed by atoms with Gasteiger partial charge in [0.1, 0.15) is 41.8 Å². The van der Waals surface area contributed by atoms with E-state index in [9.17, 15) is 17.4 Å². The molecule has 0 aliphatic carbocycles. The van der Waals surface area contributed by atoms with Crippen LogP contribution in [0.3, 0.4) is 0 Å². The predicted molar refractivity (Wildman–Crippen MR) is 304 cm³/mol. The third-order valence-corrected chi connectivity index (χ3v) is 20.8. The number of pyridine rings is 4. The summed E-state index contributed by atoms with van der Waals surface area (Å²) in [6.07, 6.45) is 10.8. The third-order valence-electron chi connectivity index (χ3n) is 16.1. The second-order valence-electron chi connectivity index (χ2n) is 22.4. The summed E-state index contributed by atoms with van der Waals surface area (Å²) in [5, 5.41) is 9.85. The minimum absolute atomic E-state index is 0.00142. The highest BCUT2D eigenvalue weighted by atomic mass is 32.2. The van der Waals surface area contributed by atoms with Crippen LogP contribution >= 0.6 is 0 Å². The summed E-state index contributed by atoms with van der Waals surface area (Å²) in [6, 6.07) is 20.1. The molecule has 12 rings (SSSR count). The van der Waals surface area contributed by atoms with Crippen LogP contribution in [0.5, 0.6) is 11.8 Å². The highest BCUT2D eigenvalue weighted by Crippen LogP contribution is 2.47. The molecule has 0 saturated carbocycles. The number of hydrogen-bond donors (Lipinski definition) is 3. The monoisotopic (exact) mass is 1080 g/mol. The van der Waals surface area contributed by atoms with Gasteiger partial charge in [-0.1, -0.05) is 24.3 Å². The second-order valence-corrected chi connectivity index (χ2v) is 27.3. The summed E-state index contributed by atoms with van der Waals surface area (Å²) in [7, 11) is -5.65. The minimum Gasteiger partial charge on any atom is -0.474 e. The van der Waals surface area contributed by atoms with Crippen molar-refractivity contribution in [1.82, 2.24) is 19.9 Å². The number of nitrogens with one attached hydrogen (secondary N) is 3. The van der Waals surface area contributed by atoms with Crippen molar-refractivity contribution in [1.29, 1.82) is 0 Å². The van der Waals surface area contributed by atoms with Crippen molar-refractivity contribution in [2.24, 2.45) is 5.92 Å². The van der Waals surface area contributed by atoms with Crippen molar-refractivity contribution >= 4 is 77.1 Å². The molecule has 2 fully saturated rings. The lowest BCUT2D eigenvalue weighted by Crippen LogP contribution is -2.46. The van der Waals surface area contributed by atoms with Gasteiger partial charge in [0, 0.05) is 72.9 Å². The van der Waals surface area contributed by atoms with E-state index in [1.807, 2.05) is 88.9 Å². The Bertz CT molecular complexity index is 3520. The summed E-state index contributed by atoms with van der Waals surface area (Å²) in [6.45, 7) is 13.7. The smallest absolute Gasteiger partial charge is 0.415 e. The number of nitrogens with zero attached hydrogens (tertiary/aromatic N) is 7. The zero-order chi connectivity index (χ0) is 53.4. The maximum atomic E-state index is 14.8. The number of anilines is 8. The lowest BCUT2D eigenvalue weighted by Gasteiger charge is -2.42. The van der Waals surface area contributed by atoms with E-state index >= 15 is 0 Å². The first-order valence-electron chi connectivity index (χ1n) is 26.7. The van der Waals surface area contributed by atoms with Crippen LogP contribution in [0, 0.1) is 19.8 Å². The first kappa shape index (κ1) is 50.7. The van der Waals surface area contributed by atoms with Gasteiger partial charge in [-0.25, -0.2) is 33.1 Å². The molecule has 2 saturated heterocycles. The fourth-order valence-corrected chi connectivity index (χ4v) is 16.8. The Morgan fingerprint density at radius 2 is 1.42 bits per heavy atom. The molecule has 2 aromatic carbocycles.